The highest BCUT2D eigenvalue weighted by Crippen LogP contribution is 2.22. The molecule has 1 N–H and O–H groups in total. The quantitative estimate of drug-likeness (QED) is 0.785. The molecule has 1 rings (SSSR count). The molecule has 70 valence electrons. The highest BCUT2D eigenvalue weighted by atomic mass is 35.5. The van der Waals surface area contributed by atoms with E-state index in [1.54, 1.807) is 12.3 Å². The van der Waals surface area contributed by atoms with Crippen LogP contribution >= 0.6 is 23.2 Å². The van der Waals surface area contributed by atoms with Gasteiger partial charge in [-0.05, 0) is 13.0 Å². The first-order valence-electron chi connectivity index (χ1n) is 3.79. The summed E-state index contributed by atoms with van der Waals surface area (Å²) >= 11 is 11.6. The summed E-state index contributed by atoms with van der Waals surface area (Å²) in [5, 5.41) is 4.09. The molecule has 2 nitrogen and oxygen atoms in total. The average molecular weight is 217 g/mol. The summed E-state index contributed by atoms with van der Waals surface area (Å²) in [7, 11) is 0. The van der Waals surface area contributed by atoms with Crippen molar-refractivity contribution in [1.82, 2.24) is 4.98 Å². The Labute approximate surface area is 87.6 Å². The summed E-state index contributed by atoms with van der Waals surface area (Å²) in [4.78, 5) is 4.03. The molecule has 1 aromatic heterocycles. The van der Waals surface area contributed by atoms with Gasteiger partial charge in [0.1, 0.15) is 5.82 Å². The van der Waals surface area contributed by atoms with Crippen LogP contribution in [0.4, 0.5) is 5.82 Å². The van der Waals surface area contributed by atoms with Gasteiger partial charge in [0.2, 0.25) is 0 Å². The van der Waals surface area contributed by atoms with Crippen LogP contribution in [-0.4, -0.2) is 11.5 Å². The second-order valence-electron chi connectivity index (χ2n) is 2.79. The number of nitrogens with one attached hydrogen (secondary N) is 1. The summed E-state index contributed by atoms with van der Waals surface area (Å²) in [6.45, 7) is 6.35. The van der Waals surface area contributed by atoms with Crippen LogP contribution < -0.4 is 5.32 Å². The Morgan fingerprint density at radius 2 is 2.31 bits per heavy atom. The van der Waals surface area contributed by atoms with E-state index < -0.39 is 0 Å². The van der Waals surface area contributed by atoms with E-state index in [9.17, 15) is 0 Å². The van der Waals surface area contributed by atoms with Gasteiger partial charge in [-0.25, -0.2) is 4.98 Å². The van der Waals surface area contributed by atoms with Crippen LogP contribution in [0.1, 0.15) is 6.92 Å². The van der Waals surface area contributed by atoms with E-state index in [0.29, 0.717) is 22.4 Å². The summed E-state index contributed by atoms with van der Waals surface area (Å²) in [5.74, 6) is 0.633. The molecule has 0 fully saturated rings. The predicted octanol–water partition coefficient (Wildman–Crippen LogP) is 3.38. The van der Waals surface area contributed by atoms with Crippen molar-refractivity contribution < 1.29 is 0 Å². The fourth-order valence-corrected chi connectivity index (χ4v) is 1.23. The fraction of sp³-hybridized carbons (Fsp3) is 0.222. The van der Waals surface area contributed by atoms with Crippen LogP contribution in [0.25, 0.3) is 0 Å². The second-order valence-corrected chi connectivity index (χ2v) is 3.64. The van der Waals surface area contributed by atoms with Crippen molar-refractivity contribution in [3.63, 3.8) is 0 Å². The van der Waals surface area contributed by atoms with Gasteiger partial charge >= 0.3 is 0 Å². The molecule has 0 saturated heterocycles. The zero-order valence-electron chi connectivity index (χ0n) is 7.27. The van der Waals surface area contributed by atoms with Crippen molar-refractivity contribution in [2.24, 2.45) is 0 Å². The molecule has 0 spiro atoms. The van der Waals surface area contributed by atoms with Crippen molar-refractivity contribution in [2.45, 2.75) is 6.92 Å². The van der Waals surface area contributed by atoms with Gasteiger partial charge in [-0.15, -0.1) is 0 Å². The normalized spacial score (nSPS) is 9.77. The summed E-state index contributed by atoms with van der Waals surface area (Å²) in [6, 6.07) is 1.65. The molecule has 0 atom stereocenters. The van der Waals surface area contributed by atoms with Gasteiger partial charge in [0.15, 0.2) is 0 Å². The number of hydrogen-bond acceptors (Lipinski definition) is 2. The van der Waals surface area contributed by atoms with E-state index in [-0.39, 0.29) is 0 Å². The third kappa shape index (κ3) is 3.25. The van der Waals surface area contributed by atoms with Crippen molar-refractivity contribution in [3.05, 3.63) is 34.5 Å². The van der Waals surface area contributed by atoms with Crippen molar-refractivity contribution in [3.8, 4) is 0 Å². The molecule has 0 bridgehead atoms. The lowest BCUT2D eigenvalue weighted by molar-refractivity contribution is 1.17. The molecule has 0 radical (unpaired) electrons. The SMILES string of the molecule is C=C(C)CNc1ncc(Cl)cc1Cl. The maximum atomic E-state index is 5.87. The first-order chi connectivity index (χ1) is 6.09. The molecular weight excluding hydrogens is 207 g/mol. The van der Waals surface area contributed by atoms with Crippen LogP contribution in [0.5, 0.6) is 0 Å². The Morgan fingerprint density at radius 1 is 1.62 bits per heavy atom. The molecule has 0 aliphatic rings. The average Bonchev–Trinajstić information content (AvgIpc) is 2.02. The highest BCUT2D eigenvalue weighted by molar-refractivity contribution is 6.35. The molecule has 0 saturated carbocycles. The number of nitrogens with zero attached hydrogens (tertiary/aromatic N) is 1. The van der Waals surface area contributed by atoms with E-state index in [4.69, 9.17) is 23.2 Å². The number of hydrogen-bond donors (Lipinski definition) is 1. The first-order valence-corrected chi connectivity index (χ1v) is 4.54. The molecule has 4 heteroatoms. The van der Waals surface area contributed by atoms with Gasteiger partial charge in [-0.1, -0.05) is 35.4 Å². The molecule has 1 aromatic rings. The lowest BCUT2D eigenvalue weighted by atomic mass is 10.3. The van der Waals surface area contributed by atoms with Gasteiger partial charge < -0.3 is 5.32 Å². The molecule has 1 heterocycles. The zero-order valence-corrected chi connectivity index (χ0v) is 8.78. The fourth-order valence-electron chi connectivity index (χ4n) is 0.779. The minimum absolute atomic E-state index is 0.522. The maximum Gasteiger partial charge on any atom is 0.145 e. The van der Waals surface area contributed by atoms with Gasteiger partial charge in [-0.2, -0.15) is 0 Å². The molecule has 13 heavy (non-hydrogen) atoms. The molecule has 0 amide bonds. The summed E-state index contributed by atoms with van der Waals surface area (Å²) in [5.41, 5.74) is 1.02. The summed E-state index contributed by atoms with van der Waals surface area (Å²) in [6.07, 6.45) is 1.55. The van der Waals surface area contributed by atoms with Gasteiger partial charge in [0.25, 0.3) is 0 Å². The number of halogens is 2. The number of anilines is 1. The minimum atomic E-state index is 0.522. The standard InChI is InChI=1S/C9H10Cl2N2/c1-6(2)4-12-9-8(11)3-7(10)5-13-9/h3,5H,1,4H2,2H3,(H,12,13). The number of pyridine rings is 1. The Bertz CT molecular complexity index is 323. The largest absolute Gasteiger partial charge is 0.365 e. The van der Waals surface area contributed by atoms with Crippen LogP contribution in [-0.2, 0) is 0 Å². The Morgan fingerprint density at radius 3 is 2.85 bits per heavy atom. The third-order valence-electron chi connectivity index (χ3n) is 1.37. The van der Waals surface area contributed by atoms with Gasteiger partial charge in [0, 0.05) is 12.7 Å². The van der Waals surface area contributed by atoms with E-state index in [1.807, 2.05) is 6.92 Å². The van der Waals surface area contributed by atoms with Crippen LogP contribution in [0.15, 0.2) is 24.4 Å². The Kier molecular flexibility index (Phi) is 3.58. The predicted molar refractivity (Wildman–Crippen MR) is 57.6 cm³/mol. The van der Waals surface area contributed by atoms with E-state index >= 15 is 0 Å². The highest BCUT2D eigenvalue weighted by Gasteiger charge is 2.01. The van der Waals surface area contributed by atoms with Gasteiger partial charge in [-0.3, -0.25) is 0 Å². The molecular formula is C9H10Cl2N2. The number of aromatic nitrogens is 1. The second kappa shape index (κ2) is 4.49. The van der Waals surface area contributed by atoms with Gasteiger partial charge in [0.05, 0.1) is 10.0 Å². The van der Waals surface area contributed by atoms with E-state index in [0.717, 1.165) is 5.57 Å². The Balaban J connectivity index is 2.72. The molecule has 0 aromatic carbocycles. The molecule has 0 aliphatic heterocycles. The Hall–Kier alpha value is -0.730. The maximum absolute atomic E-state index is 5.87. The molecule has 0 unspecified atom stereocenters. The van der Waals surface area contributed by atoms with E-state index in [1.165, 1.54) is 0 Å². The third-order valence-corrected chi connectivity index (χ3v) is 1.86. The minimum Gasteiger partial charge on any atom is -0.365 e. The van der Waals surface area contributed by atoms with Crippen LogP contribution in [0.2, 0.25) is 10.0 Å². The van der Waals surface area contributed by atoms with Crippen molar-refractivity contribution in [2.75, 3.05) is 11.9 Å². The number of rotatable bonds is 3. The topological polar surface area (TPSA) is 24.9 Å². The lowest BCUT2D eigenvalue weighted by Crippen LogP contribution is -2.03. The molecule has 0 aliphatic carbocycles. The van der Waals surface area contributed by atoms with Crippen molar-refractivity contribution >= 4 is 29.0 Å². The zero-order chi connectivity index (χ0) is 9.84. The lowest BCUT2D eigenvalue weighted by Gasteiger charge is -2.06. The smallest absolute Gasteiger partial charge is 0.145 e. The first kappa shape index (κ1) is 10.4. The monoisotopic (exact) mass is 216 g/mol. The van der Waals surface area contributed by atoms with Crippen molar-refractivity contribution in [1.29, 1.82) is 0 Å². The van der Waals surface area contributed by atoms with Crippen LogP contribution in [0.3, 0.4) is 0 Å². The van der Waals surface area contributed by atoms with Crippen LogP contribution in [0, 0.1) is 0 Å². The summed E-state index contributed by atoms with van der Waals surface area (Å²) < 4.78 is 0. The van der Waals surface area contributed by atoms with E-state index in [2.05, 4.69) is 16.9 Å².